The third-order valence-electron chi connectivity index (χ3n) is 4.88. The molecule has 0 spiro atoms. The van der Waals surface area contributed by atoms with Crippen LogP contribution >= 0.6 is 24.0 Å². The molecule has 2 aromatic rings. The Bertz CT molecular complexity index is 813. The van der Waals surface area contributed by atoms with E-state index in [4.69, 9.17) is 0 Å². The highest BCUT2D eigenvalue weighted by atomic mass is 127. The van der Waals surface area contributed by atoms with Crippen molar-refractivity contribution in [1.82, 2.24) is 20.4 Å². The average molecular weight is 489 g/mol. The number of rotatable bonds is 5. The van der Waals surface area contributed by atoms with Gasteiger partial charge in [0.15, 0.2) is 5.96 Å². The van der Waals surface area contributed by atoms with Gasteiger partial charge >= 0.3 is 0 Å². The van der Waals surface area contributed by atoms with Crippen LogP contribution in [0, 0.1) is 25.5 Å². The Labute approximate surface area is 175 Å². The summed E-state index contributed by atoms with van der Waals surface area (Å²) in [5.41, 5.74) is 3.30. The van der Waals surface area contributed by atoms with Crippen molar-refractivity contribution in [1.29, 1.82) is 0 Å². The van der Waals surface area contributed by atoms with Crippen molar-refractivity contribution in [3.63, 3.8) is 0 Å². The number of aromatic nitrogens is 2. The molecule has 1 aromatic carbocycles. The number of hydrogen-bond donors (Lipinski definition) is 2. The number of aryl methyl sites for hydroxylation is 2. The lowest BCUT2D eigenvalue weighted by Gasteiger charge is -2.12. The summed E-state index contributed by atoms with van der Waals surface area (Å²) in [6.07, 6.45) is 0.688. The third-order valence-corrected chi connectivity index (χ3v) is 4.88. The molecule has 1 aromatic heterocycles. The second-order valence-corrected chi connectivity index (χ2v) is 6.70. The zero-order chi connectivity index (χ0) is 18.8. The summed E-state index contributed by atoms with van der Waals surface area (Å²) in [4.78, 5) is 4.63. The maximum Gasteiger partial charge on any atom is 0.191 e. The van der Waals surface area contributed by atoms with E-state index in [1.54, 1.807) is 0 Å². The fourth-order valence-corrected chi connectivity index (χ4v) is 3.24. The number of nitrogens with zero attached hydrogens (tertiary/aromatic N) is 3. The molecule has 2 unspecified atom stereocenters. The van der Waals surface area contributed by atoms with Crippen molar-refractivity contribution in [2.24, 2.45) is 12.0 Å². The summed E-state index contributed by atoms with van der Waals surface area (Å²) in [7, 11) is 1.91. The van der Waals surface area contributed by atoms with Crippen molar-refractivity contribution in [3.05, 3.63) is 52.3 Å². The van der Waals surface area contributed by atoms with E-state index in [1.165, 1.54) is 18.2 Å². The van der Waals surface area contributed by atoms with Gasteiger partial charge in [-0.3, -0.25) is 4.68 Å². The van der Waals surface area contributed by atoms with Gasteiger partial charge in [0.25, 0.3) is 0 Å². The van der Waals surface area contributed by atoms with Gasteiger partial charge < -0.3 is 10.6 Å². The van der Waals surface area contributed by atoms with Gasteiger partial charge in [0.2, 0.25) is 0 Å². The van der Waals surface area contributed by atoms with Gasteiger partial charge in [-0.05, 0) is 39.3 Å². The van der Waals surface area contributed by atoms with E-state index in [1.807, 2.05) is 32.5 Å². The zero-order valence-electron chi connectivity index (χ0n) is 16.0. The molecular formula is C19H26F2IN5. The van der Waals surface area contributed by atoms with E-state index in [-0.39, 0.29) is 41.5 Å². The highest BCUT2D eigenvalue weighted by Crippen LogP contribution is 2.43. The van der Waals surface area contributed by atoms with Gasteiger partial charge in [-0.15, -0.1) is 24.0 Å². The summed E-state index contributed by atoms with van der Waals surface area (Å²) >= 11 is 0. The third kappa shape index (κ3) is 4.77. The molecule has 1 aliphatic rings. The highest BCUT2D eigenvalue weighted by molar-refractivity contribution is 14.0. The number of nitrogens with one attached hydrogen (secondary N) is 2. The van der Waals surface area contributed by atoms with Gasteiger partial charge in [-0.2, -0.15) is 5.10 Å². The lowest BCUT2D eigenvalue weighted by molar-refractivity contribution is 0.553. The topological polar surface area (TPSA) is 54.2 Å². The minimum Gasteiger partial charge on any atom is -0.357 e. The van der Waals surface area contributed by atoms with Crippen LogP contribution in [0.15, 0.2) is 23.2 Å². The first-order chi connectivity index (χ1) is 12.4. The number of aliphatic imine (C=N–C) groups is 1. The Morgan fingerprint density at radius 1 is 1.30 bits per heavy atom. The summed E-state index contributed by atoms with van der Waals surface area (Å²) in [5, 5.41) is 10.9. The van der Waals surface area contributed by atoms with Crippen molar-refractivity contribution < 1.29 is 8.78 Å². The highest BCUT2D eigenvalue weighted by Gasteiger charge is 2.42. The molecule has 8 heteroatoms. The van der Waals surface area contributed by atoms with Crippen LogP contribution in [-0.2, 0) is 13.6 Å². The monoisotopic (exact) mass is 489 g/mol. The van der Waals surface area contributed by atoms with Crippen LogP contribution < -0.4 is 10.6 Å². The number of hydrogen-bond acceptors (Lipinski definition) is 2. The van der Waals surface area contributed by atoms with Crippen molar-refractivity contribution in [3.8, 4) is 0 Å². The van der Waals surface area contributed by atoms with Crippen LogP contribution in [-0.4, -0.2) is 28.3 Å². The molecule has 5 nitrogen and oxygen atoms in total. The Kier molecular flexibility index (Phi) is 7.19. The molecule has 0 amide bonds. The summed E-state index contributed by atoms with van der Waals surface area (Å²) in [6, 6.07) is 3.99. The first-order valence-electron chi connectivity index (χ1n) is 8.90. The summed E-state index contributed by atoms with van der Waals surface area (Å²) in [5.74, 6) is -0.480. The standard InChI is InChI=1S/C19H25F2N5.HI/c1-5-22-19(23-10-14-11(2)25-26(4)12(14)3)24-17-9-13(17)18-15(20)7-6-8-16(18)21;/h6-8,13,17H,5,9-10H2,1-4H3,(H2,22,23,24);1H. The SMILES string of the molecule is CCNC(=NCc1c(C)nn(C)c1C)NC1CC1c1c(F)cccc1F.I. The lowest BCUT2D eigenvalue weighted by atomic mass is 10.1. The largest absolute Gasteiger partial charge is 0.357 e. The van der Waals surface area contributed by atoms with Crippen molar-refractivity contribution in [2.75, 3.05) is 6.54 Å². The van der Waals surface area contributed by atoms with Crippen molar-refractivity contribution >= 4 is 29.9 Å². The second kappa shape index (κ2) is 8.99. The summed E-state index contributed by atoms with van der Waals surface area (Å²) in [6.45, 7) is 7.19. The number of guanidine groups is 1. The molecule has 1 heterocycles. The van der Waals surface area contributed by atoms with Gasteiger partial charge in [-0.25, -0.2) is 13.8 Å². The van der Waals surface area contributed by atoms with E-state index >= 15 is 0 Å². The fraction of sp³-hybridized carbons (Fsp3) is 0.474. The molecule has 2 N–H and O–H groups in total. The lowest BCUT2D eigenvalue weighted by Crippen LogP contribution is -2.39. The molecule has 0 saturated heterocycles. The molecule has 3 rings (SSSR count). The Morgan fingerprint density at radius 2 is 1.96 bits per heavy atom. The van der Waals surface area contributed by atoms with E-state index in [2.05, 4.69) is 20.7 Å². The van der Waals surface area contributed by atoms with Crippen LogP contribution in [0.4, 0.5) is 8.78 Å². The average Bonchev–Trinajstić information content (AvgIpc) is 3.27. The minimum absolute atomic E-state index is 0. The van der Waals surface area contributed by atoms with E-state index in [9.17, 15) is 8.78 Å². The molecule has 1 aliphatic carbocycles. The molecule has 1 saturated carbocycles. The molecule has 0 radical (unpaired) electrons. The van der Waals surface area contributed by atoms with Crippen LogP contribution in [0.2, 0.25) is 0 Å². The molecule has 1 fully saturated rings. The van der Waals surface area contributed by atoms with Gasteiger partial charge in [0, 0.05) is 42.4 Å². The van der Waals surface area contributed by atoms with Crippen LogP contribution in [0.3, 0.4) is 0 Å². The number of benzene rings is 1. The molecule has 2 atom stereocenters. The molecular weight excluding hydrogens is 463 g/mol. The smallest absolute Gasteiger partial charge is 0.191 e. The predicted octanol–water partition coefficient (Wildman–Crippen LogP) is 3.54. The first-order valence-corrected chi connectivity index (χ1v) is 8.90. The second-order valence-electron chi connectivity index (χ2n) is 6.70. The minimum atomic E-state index is -0.483. The molecule has 27 heavy (non-hydrogen) atoms. The maximum atomic E-state index is 13.9. The van der Waals surface area contributed by atoms with Crippen LogP contribution in [0.5, 0.6) is 0 Å². The Hall–Kier alpha value is -1.71. The fourth-order valence-electron chi connectivity index (χ4n) is 3.24. The van der Waals surface area contributed by atoms with Gasteiger partial charge in [0.1, 0.15) is 11.6 Å². The van der Waals surface area contributed by atoms with E-state index < -0.39 is 11.6 Å². The molecule has 148 valence electrons. The maximum absolute atomic E-state index is 13.9. The molecule has 0 bridgehead atoms. The Balaban J connectivity index is 0.00000261. The Morgan fingerprint density at radius 3 is 2.52 bits per heavy atom. The van der Waals surface area contributed by atoms with Crippen LogP contribution in [0.1, 0.15) is 41.8 Å². The van der Waals surface area contributed by atoms with Crippen molar-refractivity contribution in [2.45, 2.75) is 45.7 Å². The molecule has 0 aliphatic heterocycles. The van der Waals surface area contributed by atoms with Gasteiger partial charge in [-0.1, -0.05) is 6.07 Å². The zero-order valence-corrected chi connectivity index (χ0v) is 18.3. The van der Waals surface area contributed by atoms with Gasteiger partial charge in [0.05, 0.1) is 12.2 Å². The van der Waals surface area contributed by atoms with Crippen LogP contribution in [0.25, 0.3) is 0 Å². The predicted molar refractivity (Wildman–Crippen MR) is 114 cm³/mol. The van der Waals surface area contributed by atoms with E-state index in [0.29, 0.717) is 25.5 Å². The quantitative estimate of drug-likeness (QED) is 0.384. The number of halogens is 3. The van der Waals surface area contributed by atoms with E-state index in [0.717, 1.165) is 17.0 Å². The first kappa shape index (κ1) is 21.6. The normalized spacial score (nSPS) is 18.8. The summed E-state index contributed by atoms with van der Waals surface area (Å²) < 4.78 is 29.7.